The fourth-order valence-electron chi connectivity index (χ4n) is 2.28. The summed E-state index contributed by atoms with van der Waals surface area (Å²) in [5.41, 5.74) is 2.92. The summed E-state index contributed by atoms with van der Waals surface area (Å²) in [7, 11) is 1.63. The molecule has 0 saturated carbocycles. The zero-order valence-corrected chi connectivity index (χ0v) is 12.0. The van der Waals surface area contributed by atoms with E-state index in [0.717, 1.165) is 29.5 Å². The fourth-order valence-corrected chi connectivity index (χ4v) is 2.28. The van der Waals surface area contributed by atoms with Crippen LogP contribution in [0.25, 0.3) is 0 Å². The smallest absolute Gasteiger partial charge is 0.166 e. The lowest BCUT2D eigenvalue weighted by atomic mass is 9.97. The first kappa shape index (κ1) is 14.7. The molecule has 0 amide bonds. The Kier molecular flexibility index (Phi) is 5.90. The molecule has 0 unspecified atom stereocenters. The molecule has 18 heavy (non-hydrogen) atoms. The Morgan fingerprint density at radius 1 is 1.17 bits per heavy atom. The molecule has 0 fully saturated rings. The van der Waals surface area contributed by atoms with E-state index in [-0.39, 0.29) is 5.78 Å². The van der Waals surface area contributed by atoms with Crippen LogP contribution in [0.1, 0.15) is 60.5 Å². The molecule has 0 aliphatic heterocycles. The topological polar surface area (TPSA) is 26.3 Å². The van der Waals surface area contributed by atoms with E-state index in [1.54, 1.807) is 7.11 Å². The van der Waals surface area contributed by atoms with Crippen molar-refractivity contribution >= 4 is 5.78 Å². The van der Waals surface area contributed by atoms with Gasteiger partial charge >= 0.3 is 0 Å². The SMILES string of the molecule is CCCCCCC(=O)c1c(C)cc(C)cc1OC. The van der Waals surface area contributed by atoms with Crippen LogP contribution in [0, 0.1) is 13.8 Å². The molecule has 0 bridgehead atoms. The molecule has 1 aromatic carbocycles. The Bertz CT molecular complexity index is 408. The third-order valence-corrected chi connectivity index (χ3v) is 3.20. The number of carbonyl (C=O) groups excluding carboxylic acids is 1. The average molecular weight is 248 g/mol. The zero-order chi connectivity index (χ0) is 13.5. The van der Waals surface area contributed by atoms with Gasteiger partial charge in [-0.15, -0.1) is 0 Å². The van der Waals surface area contributed by atoms with Crippen LogP contribution in [0.3, 0.4) is 0 Å². The highest BCUT2D eigenvalue weighted by Crippen LogP contribution is 2.26. The number of ether oxygens (including phenoxy) is 1. The Balaban J connectivity index is 2.78. The van der Waals surface area contributed by atoms with Gasteiger partial charge in [0, 0.05) is 6.42 Å². The van der Waals surface area contributed by atoms with Crippen LogP contribution in [0.5, 0.6) is 5.75 Å². The van der Waals surface area contributed by atoms with E-state index in [2.05, 4.69) is 6.92 Å². The van der Waals surface area contributed by atoms with Crippen molar-refractivity contribution in [1.82, 2.24) is 0 Å². The number of carbonyl (C=O) groups is 1. The largest absolute Gasteiger partial charge is 0.496 e. The number of ketones is 1. The van der Waals surface area contributed by atoms with Crippen molar-refractivity contribution in [3.05, 3.63) is 28.8 Å². The van der Waals surface area contributed by atoms with Gasteiger partial charge in [0.1, 0.15) is 5.75 Å². The standard InChI is InChI=1S/C16H24O2/c1-5-6-7-8-9-14(17)16-13(3)10-12(2)11-15(16)18-4/h10-11H,5-9H2,1-4H3. The maximum atomic E-state index is 12.2. The zero-order valence-electron chi connectivity index (χ0n) is 12.0. The van der Waals surface area contributed by atoms with Crippen LogP contribution < -0.4 is 4.74 Å². The normalized spacial score (nSPS) is 10.4. The minimum absolute atomic E-state index is 0.209. The molecule has 100 valence electrons. The molecule has 0 heterocycles. The third kappa shape index (κ3) is 3.86. The Hall–Kier alpha value is -1.31. The molecule has 2 heteroatoms. The molecular weight excluding hydrogens is 224 g/mol. The quantitative estimate of drug-likeness (QED) is 0.526. The van der Waals surface area contributed by atoms with Crippen molar-refractivity contribution in [3.8, 4) is 5.75 Å². The maximum absolute atomic E-state index is 12.2. The second kappa shape index (κ2) is 7.20. The van der Waals surface area contributed by atoms with Crippen LogP contribution in [-0.2, 0) is 0 Å². The highest BCUT2D eigenvalue weighted by molar-refractivity contribution is 6.00. The van der Waals surface area contributed by atoms with E-state index in [4.69, 9.17) is 4.74 Å². The molecule has 2 nitrogen and oxygen atoms in total. The molecule has 0 radical (unpaired) electrons. The Morgan fingerprint density at radius 3 is 2.50 bits per heavy atom. The summed E-state index contributed by atoms with van der Waals surface area (Å²) >= 11 is 0. The van der Waals surface area contributed by atoms with E-state index in [1.807, 2.05) is 26.0 Å². The predicted molar refractivity (Wildman–Crippen MR) is 75.6 cm³/mol. The molecule has 0 saturated heterocycles. The second-order valence-corrected chi connectivity index (χ2v) is 4.89. The number of hydrogen-bond donors (Lipinski definition) is 0. The molecular formula is C16H24O2. The van der Waals surface area contributed by atoms with Gasteiger partial charge in [-0.1, -0.05) is 32.3 Å². The highest BCUT2D eigenvalue weighted by Gasteiger charge is 2.15. The fraction of sp³-hybridized carbons (Fsp3) is 0.562. The van der Waals surface area contributed by atoms with Crippen molar-refractivity contribution in [2.24, 2.45) is 0 Å². The van der Waals surface area contributed by atoms with Gasteiger partial charge in [0.15, 0.2) is 5.78 Å². The van der Waals surface area contributed by atoms with Crippen molar-refractivity contribution in [1.29, 1.82) is 0 Å². The average Bonchev–Trinajstić information content (AvgIpc) is 2.33. The molecule has 0 aliphatic rings. The summed E-state index contributed by atoms with van der Waals surface area (Å²) in [6, 6.07) is 3.98. The maximum Gasteiger partial charge on any atom is 0.166 e. The highest BCUT2D eigenvalue weighted by atomic mass is 16.5. The first-order valence-electron chi connectivity index (χ1n) is 6.78. The summed E-state index contributed by atoms with van der Waals surface area (Å²) in [6.45, 7) is 6.18. The van der Waals surface area contributed by atoms with Gasteiger partial charge < -0.3 is 4.74 Å². The second-order valence-electron chi connectivity index (χ2n) is 4.89. The van der Waals surface area contributed by atoms with Crippen molar-refractivity contribution in [2.45, 2.75) is 52.9 Å². The number of methoxy groups -OCH3 is 1. The third-order valence-electron chi connectivity index (χ3n) is 3.20. The van der Waals surface area contributed by atoms with Crippen LogP contribution in [0.2, 0.25) is 0 Å². The first-order valence-corrected chi connectivity index (χ1v) is 6.78. The van der Waals surface area contributed by atoms with Gasteiger partial charge in [0.05, 0.1) is 12.7 Å². The van der Waals surface area contributed by atoms with Crippen LogP contribution in [-0.4, -0.2) is 12.9 Å². The van der Waals surface area contributed by atoms with Crippen LogP contribution in [0.4, 0.5) is 0 Å². The number of benzene rings is 1. The van der Waals surface area contributed by atoms with E-state index in [1.165, 1.54) is 12.8 Å². The molecule has 0 N–H and O–H groups in total. The predicted octanol–water partition coefficient (Wildman–Crippen LogP) is 4.47. The van der Waals surface area contributed by atoms with Crippen LogP contribution in [0.15, 0.2) is 12.1 Å². The molecule has 1 aromatic rings. The summed E-state index contributed by atoms with van der Waals surface area (Å²) in [5, 5.41) is 0. The lowest BCUT2D eigenvalue weighted by Crippen LogP contribution is -2.05. The monoisotopic (exact) mass is 248 g/mol. The summed E-state index contributed by atoms with van der Waals surface area (Å²) in [4.78, 5) is 12.2. The van der Waals surface area contributed by atoms with E-state index < -0.39 is 0 Å². The molecule has 0 spiro atoms. The summed E-state index contributed by atoms with van der Waals surface area (Å²) < 4.78 is 5.33. The summed E-state index contributed by atoms with van der Waals surface area (Å²) in [5.74, 6) is 0.924. The Labute approximate surface area is 110 Å². The minimum atomic E-state index is 0.209. The van der Waals surface area contributed by atoms with Gasteiger partial charge in [-0.25, -0.2) is 0 Å². The number of Topliss-reactive ketones (excluding diaryl/α,β-unsaturated/α-hetero) is 1. The lowest BCUT2D eigenvalue weighted by Gasteiger charge is -2.12. The van der Waals surface area contributed by atoms with Crippen molar-refractivity contribution in [2.75, 3.05) is 7.11 Å². The van der Waals surface area contributed by atoms with Crippen molar-refractivity contribution in [3.63, 3.8) is 0 Å². The number of unbranched alkanes of at least 4 members (excludes halogenated alkanes) is 3. The van der Waals surface area contributed by atoms with Gasteiger partial charge in [-0.3, -0.25) is 4.79 Å². The van der Waals surface area contributed by atoms with Gasteiger partial charge in [-0.05, 0) is 37.5 Å². The van der Waals surface area contributed by atoms with E-state index in [0.29, 0.717) is 12.2 Å². The van der Waals surface area contributed by atoms with Crippen molar-refractivity contribution < 1.29 is 9.53 Å². The lowest BCUT2D eigenvalue weighted by molar-refractivity contribution is 0.0975. The molecule has 0 aromatic heterocycles. The Morgan fingerprint density at radius 2 is 1.89 bits per heavy atom. The summed E-state index contributed by atoms with van der Waals surface area (Å²) in [6.07, 6.45) is 5.14. The van der Waals surface area contributed by atoms with E-state index in [9.17, 15) is 4.79 Å². The number of rotatable bonds is 7. The minimum Gasteiger partial charge on any atom is -0.496 e. The number of aryl methyl sites for hydroxylation is 2. The van der Waals surface area contributed by atoms with E-state index >= 15 is 0 Å². The van der Waals surface area contributed by atoms with Gasteiger partial charge in [-0.2, -0.15) is 0 Å². The van der Waals surface area contributed by atoms with Crippen LogP contribution >= 0.6 is 0 Å². The molecule has 0 aliphatic carbocycles. The molecule has 0 atom stereocenters. The van der Waals surface area contributed by atoms with Gasteiger partial charge in [0.25, 0.3) is 0 Å². The number of hydrogen-bond acceptors (Lipinski definition) is 2. The van der Waals surface area contributed by atoms with Gasteiger partial charge in [0.2, 0.25) is 0 Å². The first-order chi connectivity index (χ1) is 8.60. The molecule has 1 rings (SSSR count).